The Morgan fingerprint density at radius 1 is 1.18 bits per heavy atom. The first kappa shape index (κ1) is 9.60. The highest BCUT2D eigenvalue weighted by Crippen LogP contribution is 1.75. The molecule has 0 radical (unpaired) electrons. The van der Waals surface area contributed by atoms with Crippen LogP contribution >= 0.6 is 0 Å². The van der Waals surface area contributed by atoms with Gasteiger partial charge in [-0.1, -0.05) is 5.92 Å². The Labute approximate surface area is 66.6 Å². The molecule has 0 heterocycles. The Kier molecular flexibility index (Phi) is 5.86. The number of methoxy groups -OCH3 is 1. The second kappa shape index (κ2) is 6.72. The summed E-state index contributed by atoms with van der Waals surface area (Å²) in [5.74, 6) is 14.7. The second-order valence-electron chi connectivity index (χ2n) is 1.48. The van der Waals surface area contributed by atoms with Crippen molar-refractivity contribution in [2.45, 2.75) is 13.2 Å². The Morgan fingerprint density at radius 2 is 1.82 bits per heavy atom. The highest BCUT2D eigenvalue weighted by molar-refractivity contribution is 5.35. The molecular formula is C9H8O2. The van der Waals surface area contributed by atoms with Crippen LogP contribution in [0.1, 0.15) is 6.92 Å². The fraction of sp³-hybridized carbons (Fsp3) is 0.333. The van der Waals surface area contributed by atoms with E-state index in [1.165, 1.54) is 7.11 Å². The Balaban J connectivity index is 3.89. The van der Waals surface area contributed by atoms with Gasteiger partial charge in [-0.05, 0) is 36.5 Å². The van der Waals surface area contributed by atoms with Crippen molar-refractivity contribution < 1.29 is 9.84 Å². The third-order valence-corrected chi connectivity index (χ3v) is 0.731. The highest BCUT2D eigenvalue weighted by Gasteiger charge is 1.88. The second-order valence-corrected chi connectivity index (χ2v) is 1.48. The van der Waals surface area contributed by atoms with Crippen LogP contribution in [0.5, 0.6) is 0 Å². The molecule has 11 heavy (non-hydrogen) atoms. The van der Waals surface area contributed by atoms with Crippen LogP contribution < -0.4 is 0 Å². The van der Waals surface area contributed by atoms with Crippen LogP contribution in [0.4, 0.5) is 0 Å². The van der Waals surface area contributed by atoms with E-state index >= 15 is 0 Å². The molecule has 0 aliphatic rings. The van der Waals surface area contributed by atoms with Gasteiger partial charge in [-0.25, -0.2) is 0 Å². The van der Waals surface area contributed by atoms with Gasteiger partial charge in [0.25, 0.3) is 0 Å². The molecule has 1 atom stereocenters. The average molecular weight is 148 g/mol. The third kappa shape index (κ3) is 6.49. The van der Waals surface area contributed by atoms with Gasteiger partial charge >= 0.3 is 0 Å². The first-order valence-electron chi connectivity index (χ1n) is 2.94. The molecule has 0 aromatic heterocycles. The van der Waals surface area contributed by atoms with Crippen molar-refractivity contribution in [2.75, 3.05) is 7.11 Å². The van der Waals surface area contributed by atoms with E-state index in [2.05, 4.69) is 40.3 Å². The zero-order valence-electron chi connectivity index (χ0n) is 6.43. The largest absolute Gasteiger partial charge is 0.358 e. The van der Waals surface area contributed by atoms with Gasteiger partial charge in [-0.3, -0.25) is 0 Å². The van der Waals surface area contributed by atoms with Crippen LogP contribution in [0.25, 0.3) is 0 Å². The maximum absolute atomic E-state index is 8.71. The van der Waals surface area contributed by atoms with Crippen molar-refractivity contribution in [3.63, 3.8) is 0 Å². The minimum absolute atomic E-state index is 1.06. The Hall–Kier alpha value is -1.40. The van der Waals surface area contributed by atoms with Gasteiger partial charge in [-0.15, -0.1) is 0 Å². The number of aliphatic hydroxyl groups excluding tert-OH is 1. The van der Waals surface area contributed by atoms with E-state index in [4.69, 9.17) is 5.11 Å². The SMILES string of the molecule is CC#CC#CC#CC(O)OC. The summed E-state index contributed by atoms with van der Waals surface area (Å²) in [6, 6.07) is 0. The lowest BCUT2D eigenvalue weighted by molar-refractivity contribution is -0.0280. The van der Waals surface area contributed by atoms with Gasteiger partial charge in [0.15, 0.2) is 0 Å². The van der Waals surface area contributed by atoms with Crippen molar-refractivity contribution in [1.82, 2.24) is 0 Å². The molecule has 1 N–H and O–H groups in total. The molecule has 0 aromatic carbocycles. The predicted octanol–water partition coefficient (Wildman–Crippen LogP) is -0.0187. The van der Waals surface area contributed by atoms with Crippen LogP contribution in [-0.4, -0.2) is 18.5 Å². The summed E-state index contributed by atoms with van der Waals surface area (Å²) >= 11 is 0. The smallest absolute Gasteiger partial charge is 0.220 e. The summed E-state index contributed by atoms with van der Waals surface area (Å²) in [7, 11) is 1.36. The zero-order chi connectivity index (χ0) is 8.53. The fourth-order valence-electron chi connectivity index (χ4n) is 0.282. The van der Waals surface area contributed by atoms with Gasteiger partial charge < -0.3 is 9.84 Å². The molecule has 0 spiro atoms. The highest BCUT2D eigenvalue weighted by atomic mass is 16.6. The molecular weight excluding hydrogens is 140 g/mol. The van der Waals surface area contributed by atoms with E-state index < -0.39 is 6.29 Å². The average Bonchev–Trinajstić information content (AvgIpc) is 2.04. The summed E-state index contributed by atoms with van der Waals surface area (Å²) in [6.45, 7) is 1.69. The first-order valence-corrected chi connectivity index (χ1v) is 2.94. The molecule has 0 aliphatic heterocycles. The zero-order valence-corrected chi connectivity index (χ0v) is 6.43. The number of hydrogen-bond donors (Lipinski definition) is 1. The summed E-state index contributed by atoms with van der Waals surface area (Å²) in [5, 5.41) is 8.71. The molecule has 56 valence electrons. The number of hydrogen-bond acceptors (Lipinski definition) is 2. The molecule has 0 rings (SSSR count). The molecule has 0 saturated carbocycles. The molecule has 0 saturated heterocycles. The normalized spacial score (nSPS) is 9.00. The lowest BCUT2D eigenvalue weighted by atomic mass is 10.5. The van der Waals surface area contributed by atoms with Crippen molar-refractivity contribution in [3.05, 3.63) is 0 Å². The van der Waals surface area contributed by atoms with E-state index in [1.54, 1.807) is 6.92 Å². The minimum Gasteiger partial charge on any atom is -0.358 e. The summed E-state index contributed by atoms with van der Waals surface area (Å²) in [4.78, 5) is 0. The molecule has 0 aliphatic carbocycles. The van der Waals surface area contributed by atoms with Gasteiger partial charge in [0.05, 0.1) is 0 Å². The maximum atomic E-state index is 8.71. The van der Waals surface area contributed by atoms with Crippen molar-refractivity contribution in [2.24, 2.45) is 0 Å². The van der Waals surface area contributed by atoms with Crippen LogP contribution in [-0.2, 0) is 4.74 Å². The van der Waals surface area contributed by atoms with Crippen LogP contribution in [0, 0.1) is 35.5 Å². The molecule has 0 amide bonds. The summed E-state index contributed by atoms with van der Waals surface area (Å²) in [5.41, 5.74) is 0. The van der Waals surface area contributed by atoms with Gasteiger partial charge in [0.1, 0.15) is 0 Å². The van der Waals surface area contributed by atoms with Crippen molar-refractivity contribution in [3.8, 4) is 35.5 Å². The molecule has 2 heteroatoms. The lowest BCUT2D eigenvalue weighted by Gasteiger charge is -1.94. The standard InChI is InChI=1S/C9H8O2/c1-3-4-5-6-7-8-9(10)11-2/h9-10H,1-2H3. The number of aliphatic hydroxyl groups is 1. The summed E-state index contributed by atoms with van der Waals surface area (Å²) < 4.78 is 4.43. The molecule has 0 bridgehead atoms. The molecule has 0 fully saturated rings. The lowest BCUT2D eigenvalue weighted by Crippen LogP contribution is -2.03. The van der Waals surface area contributed by atoms with E-state index in [0.29, 0.717) is 0 Å². The van der Waals surface area contributed by atoms with Crippen LogP contribution in [0.3, 0.4) is 0 Å². The van der Waals surface area contributed by atoms with Gasteiger partial charge in [0.2, 0.25) is 6.29 Å². The van der Waals surface area contributed by atoms with E-state index in [-0.39, 0.29) is 0 Å². The predicted molar refractivity (Wildman–Crippen MR) is 42.0 cm³/mol. The van der Waals surface area contributed by atoms with Gasteiger partial charge in [-0.2, -0.15) is 0 Å². The topological polar surface area (TPSA) is 29.5 Å². The number of ether oxygens (including phenoxy) is 1. The van der Waals surface area contributed by atoms with E-state index in [1.807, 2.05) is 0 Å². The maximum Gasteiger partial charge on any atom is 0.220 e. The molecule has 0 aromatic rings. The molecule has 1 unspecified atom stereocenters. The Bertz CT molecular complexity index is 272. The third-order valence-electron chi connectivity index (χ3n) is 0.731. The van der Waals surface area contributed by atoms with Crippen LogP contribution in [0.15, 0.2) is 0 Å². The first-order chi connectivity index (χ1) is 5.31. The fourth-order valence-corrected chi connectivity index (χ4v) is 0.282. The summed E-state index contributed by atoms with van der Waals surface area (Å²) in [6.07, 6.45) is -1.06. The van der Waals surface area contributed by atoms with Crippen LogP contribution in [0.2, 0.25) is 0 Å². The van der Waals surface area contributed by atoms with E-state index in [0.717, 1.165) is 0 Å². The Morgan fingerprint density at radius 3 is 2.36 bits per heavy atom. The monoisotopic (exact) mass is 148 g/mol. The van der Waals surface area contributed by atoms with E-state index in [9.17, 15) is 0 Å². The quantitative estimate of drug-likeness (QED) is 0.418. The minimum atomic E-state index is -1.06. The van der Waals surface area contributed by atoms with Crippen molar-refractivity contribution >= 4 is 0 Å². The van der Waals surface area contributed by atoms with Crippen molar-refractivity contribution in [1.29, 1.82) is 0 Å². The number of rotatable bonds is 1. The van der Waals surface area contributed by atoms with Gasteiger partial charge in [0, 0.05) is 7.11 Å². The molecule has 2 nitrogen and oxygen atoms in total.